The Bertz CT molecular complexity index is 280. The van der Waals surface area contributed by atoms with E-state index in [2.05, 4.69) is 4.98 Å². The fraction of sp³-hybridized carbons (Fsp3) is 0.375. The van der Waals surface area contributed by atoms with Crippen molar-refractivity contribution in [2.24, 2.45) is 0 Å². The van der Waals surface area contributed by atoms with E-state index in [1.807, 2.05) is 0 Å². The monoisotopic (exact) mass is 189 g/mol. The van der Waals surface area contributed by atoms with Crippen molar-refractivity contribution in [3.63, 3.8) is 0 Å². The third kappa shape index (κ3) is 1.93. The van der Waals surface area contributed by atoms with Gasteiger partial charge in [0.25, 0.3) is 0 Å². The van der Waals surface area contributed by atoms with Gasteiger partial charge in [-0.25, -0.2) is 4.39 Å². The van der Waals surface area contributed by atoms with Gasteiger partial charge in [-0.2, -0.15) is 0 Å². The summed E-state index contributed by atoms with van der Waals surface area (Å²) in [6, 6.07) is 1.22. The zero-order chi connectivity index (χ0) is 9.14. The van der Waals surface area contributed by atoms with Gasteiger partial charge in [-0.1, -0.05) is 11.6 Å². The number of aromatic nitrogens is 1. The van der Waals surface area contributed by atoms with E-state index in [1.165, 1.54) is 19.4 Å². The van der Waals surface area contributed by atoms with E-state index in [-0.39, 0.29) is 11.8 Å². The van der Waals surface area contributed by atoms with Gasteiger partial charge in [0.05, 0.1) is 11.1 Å². The molecule has 0 aliphatic heterocycles. The molecule has 0 N–H and O–H groups in total. The largest absolute Gasteiger partial charge is 0.375 e. The summed E-state index contributed by atoms with van der Waals surface area (Å²) in [7, 11) is 1.50. The molecule has 0 saturated heterocycles. The molecular weight excluding hydrogens is 181 g/mol. The second-order valence-corrected chi connectivity index (χ2v) is 2.83. The van der Waals surface area contributed by atoms with E-state index in [0.29, 0.717) is 5.02 Å². The topological polar surface area (TPSA) is 22.1 Å². The van der Waals surface area contributed by atoms with Gasteiger partial charge in [-0.05, 0) is 13.0 Å². The normalized spacial score (nSPS) is 13.0. The molecule has 1 rings (SSSR count). The Kier molecular flexibility index (Phi) is 3.00. The second-order valence-electron chi connectivity index (χ2n) is 2.40. The number of rotatable bonds is 2. The van der Waals surface area contributed by atoms with Crippen LogP contribution in [0.25, 0.3) is 0 Å². The van der Waals surface area contributed by atoms with Crippen LogP contribution >= 0.6 is 11.6 Å². The summed E-state index contributed by atoms with van der Waals surface area (Å²) in [5.74, 6) is -0.433. The molecule has 0 bridgehead atoms. The van der Waals surface area contributed by atoms with E-state index in [1.54, 1.807) is 6.92 Å². The summed E-state index contributed by atoms with van der Waals surface area (Å²) in [5.41, 5.74) is 0.280. The van der Waals surface area contributed by atoms with Crippen LogP contribution in [0.5, 0.6) is 0 Å². The van der Waals surface area contributed by atoms with Crippen LogP contribution in [0.2, 0.25) is 5.02 Å². The molecular formula is C8H9ClFNO. The first-order valence-corrected chi connectivity index (χ1v) is 3.86. The molecule has 0 spiro atoms. The lowest BCUT2D eigenvalue weighted by atomic mass is 10.2. The van der Waals surface area contributed by atoms with E-state index in [9.17, 15) is 4.39 Å². The van der Waals surface area contributed by atoms with Gasteiger partial charge >= 0.3 is 0 Å². The van der Waals surface area contributed by atoms with Crippen LogP contribution in [-0.4, -0.2) is 12.1 Å². The maximum Gasteiger partial charge on any atom is 0.148 e. The van der Waals surface area contributed by atoms with Gasteiger partial charge in [0, 0.05) is 13.3 Å². The van der Waals surface area contributed by atoms with Crippen LogP contribution in [0.1, 0.15) is 18.7 Å². The third-order valence-electron chi connectivity index (χ3n) is 1.57. The van der Waals surface area contributed by atoms with Crippen molar-refractivity contribution in [2.45, 2.75) is 13.0 Å². The zero-order valence-corrected chi connectivity index (χ0v) is 7.60. The van der Waals surface area contributed by atoms with Gasteiger partial charge in [0.15, 0.2) is 0 Å². The molecule has 0 saturated carbocycles. The summed E-state index contributed by atoms with van der Waals surface area (Å²) in [4.78, 5) is 3.82. The molecule has 4 heteroatoms. The summed E-state index contributed by atoms with van der Waals surface area (Å²) < 4.78 is 18.0. The molecule has 0 aliphatic carbocycles. The van der Waals surface area contributed by atoms with Crippen LogP contribution in [0, 0.1) is 5.82 Å². The molecule has 0 aromatic carbocycles. The fourth-order valence-corrected chi connectivity index (χ4v) is 0.981. The molecule has 1 heterocycles. The van der Waals surface area contributed by atoms with E-state index >= 15 is 0 Å². The van der Waals surface area contributed by atoms with Crippen molar-refractivity contribution < 1.29 is 9.13 Å². The highest BCUT2D eigenvalue weighted by atomic mass is 35.5. The van der Waals surface area contributed by atoms with Crippen molar-refractivity contribution >= 4 is 11.6 Å². The number of ether oxygens (including phenoxy) is 1. The lowest BCUT2D eigenvalue weighted by molar-refractivity contribution is 0.112. The van der Waals surface area contributed by atoms with E-state index < -0.39 is 5.82 Å². The average Bonchev–Trinajstić information content (AvgIpc) is 2.03. The smallest absolute Gasteiger partial charge is 0.148 e. The van der Waals surface area contributed by atoms with Crippen molar-refractivity contribution in [1.29, 1.82) is 0 Å². The van der Waals surface area contributed by atoms with Crippen LogP contribution in [0.15, 0.2) is 12.3 Å². The second kappa shape index (κ2) is 3.83. The molecule has 2 nitrogen and oxygen atoms in total. The molecule has 1 aromatic rings. The lowest BCUT2D eigenvalue weighted by Gasteiger charge is -2.08. The van der Waals surface area contributed by atoms with Gasteiger partial charge in [-0.3, -0.25) is 4.98 Å². The highest BCUT2D eigenvalue weighted by Crippen LogP contribution is 2.19. The molecule has 0 aliphatic rings. The number of hydrogen-bond donors (Lipinski definition) is 0. The van der Waals surface area contributed by atoms with Gasteiger partial charge in [-0.15, -0.1) is 0 Å². The Morgan fingerprint density at radius 1 is 1.67 bits per heavy atom. The first-order valence-electron chi connectivity index (χ1n) is 3.49. The van der Waals surface area contributed by atoms with E-state index in [4.69, 9.17) is 16.3 Å². The quantitative estimate of drug-likeness (QED) is 0.714. The minimum atomic E-state index is -0.433. The minimum absolute atomic E-state index is 0.280. The Labute approximate surface area is 75.3 Å². The van der Waals surface area contributed by atoms with Crippen molar-refractivity contribution in [1.82, 2.24) is 4.98 Å². The summed E-state index contributed by atoms with van der Waals surface area (Å²) in [6.07, 6.45) is 1.05. The maximum atomic E-state index is 13.1. The van der Waals surface area contributed by atoms with E-state index in [0.717, 1.165) is 0 Å². The van der Waals surface area contributed by atoms with Gasteiger partial charge in [0.1, 0.15) is 11.5 Å². The number of hydrogen-bond acceptors (Lipinski definition) is 2. The molecule has 0 fully saturated rings. The van der Waals surface area contributed by atoms with Crippen molar-refractivity contribution in [3.05, 3.63) is 28.8 Å². The van der Waals surface area contributed by atoms with Crippen molar-refractivity contribution in [2.75, 3.05) is 7.11 Å². The van der Waals surface area contributed by atoms with Crippen LogP contribution in [0.3, 0.4) is 0 Å². The van der Waals surface area contributed by atoms with Gasteiger partial charge < -0.3 is 4.74 Å². The summed E-state index contributed by atoms with van der Waals surface area (Å²) >= 11 is 5.52. The fourth-order valence-electron chi connectivity index (χ4n) is 0.836. The Balaban J connectivity index is 3.01. The molecule has 66 valence electrons. The first kappa shape index (κ1) is 9.42. The molecule has 1 atom stereocenters. The predicted octanol–water partition coefficient (Wildman–Crippen LogP) is 2.58. The average molecular weight is 190 g/mol. The first-order chi connectivity index (χ1) is 5.65. The van der Waals surface area contributed by atoms with Gasteiger partial charge in [0.2, 0.25) is 0 Å². The van der Waals surface area contributed by atoms with Crippen molar-refractivity contribution in [3.8, 4) is 0 Å². The molecule has 1 aromatic heterocycles. The number of nitrogens with zero attached hydrogens (tertiary/aromatic N) is 1. The Morgan fingerprint density at radius 2 is 2.33 bits per heavy atom. The maximum absolute atomic E-state index is 13.1. The highest BCUT2D eigenvalue weighted by Gasteiger charge is 2.11. The Hall–Kier alpha value is -0.670. The predicted molar refractivity (Wildman–Crippen MR) is 44.6 cm³/mol. The van der Waals surface area contributed by atoms with Crippen LogP contribution in [0.4, 0.5) is 4.39 Å². The summed E-state index contributed by atoms with van der Waals surface area (Å²) in [6.45, 7) is 1.72. The molecule has 12 heavy (non-hydrogen) atoms. The standard InChI is InChI=1S/C8H9ClFNO/c1-5(12-2)8-7(10)3-6(9)4-11-8/h3-5H,1-2H3. The SMILES string of the molecule is COC(C)c1ncc(Cl)cc1F. The number of halogens is 2. The molecule has 0 radical (unpaired) electrons. The minimum Gasteiger partial charge on any atom is -0.375 e. The lowest BCUT2D eigenvalue weighted by Crippen LogP contribution is -2.02. The summed E-state index contributed by atoms with van der Waals surface area (Å²) in [5, 5.41) is 0.291. The Morgan fingerprint density at radius 3 is 2.83 bits per heavy atom. The third-order valence-corrected chi connectivity index (χ3v) is 1.78. The van der Waals surface area contributed by atoms with Crippen LogP contribution in [-0.2, 0) is 4.74 Å². The number of methoxy groups -OCH3 is 1. The number of pyridine rings is 1. The molecule has 1 unspecified atom stereocenters. The molecule has 0 amide bonds. The zero-order valence-electron chi connectivity index (χ0n) is 6.84. The van der Waals surface area contributed by atoms with Crippen LogP contribution < -0.4 is 0 Å². The highest BCUT2D eigenvalue weighted by molar-refractivity contribution is 6.30.